The molecule has 2 aromatic carbocycles. The van der Waals surface area contributed by atoms with Gasteiger partial charge in [-0.2, -0.15) is 0 Å². The maximum absolute atomic E-state index is 6.33. The van der Waals surface area contributed by atoms with Crippen LogP contribution in [0.25, 0.3) is 0 Å². The zero-order valence-electron chi connectivity index (χ0n) is 15.5. The number of hydrogen-bond acceptors (Lipinski definition) is 4. The Morgan fingerprint density at radius 2 is 1.96 bits per heavy atom. The molecule has 0 N–H and O–H groups in total. The average Bonchev–Trinajstić information content (AvgIpc) is 3.41. The quantitative estimate of drug-likeness (QED) is 0.754. The molecule has 4 nitrogen and oxygen atoms in total. The van der Waals surface area contributed by atoms with E-state index in [-0.39, 0.29) is 12.4 Å². The zero-order valence-corrected chi connectivity index (χ0v) is 15.5. The van der Waals surface area contributed by atoms with Gasteiger partial charge in [0.05, 0.1) is 6.04 Å². The molecule has 2 fully saturated rings. The Kier molecular flexibility index (Phi) is 4.07. The van der Waals surface area contributed by atoms with Gasteiger partial charge in [0.15, 0.2) is 11.5 Å². The van der Waals surface area contributed by atoms with Crippen molar-refractivity contribution in [3.63, 3.8) is 0 Å². The third-order valence-corrected chi connectivity index (χ3v) is 6.01. The molecule has 4 heteroatoms. The summed E-state index contributed by atoms with van der Waals surface area (Å²) < 4.78 is 17.2. The van der Waals surface area contributed by atoms with Gasteiger partial charge in [0.1, 0.15) is 12.3 Å². The Morgan fingerprint density at radius 1 is 1.11 bits per heavy atom. The minimum atomic E-state index is -0.362. The van der Waals surface area contributed by atoms with Crippen LogP contribution in [0.3, 0.4) is 0 Å². The summed E-state index contributed by atoms with van der Waals surface area (Å²) in [5.41, 5.74) is 1.91. The van der Waals surface area contributed by atoms with Gasteiger partial charge in [-0.1, -0.05) is 42.2 Å². The fourth-order valence-electron chi connectivity index (χ4n) is 4.48. The summed E-state index contributed by atoms with van der Waals surface area (Å²) >= 11 is 0. The Labute approximate surface area is 160 Å². The molecule has 27 heavy (non-hydrogen) atoms. The van der Waals surface area contributed by atoms with E-state index in [1.54, 1.807) is 0 Å². The Balaban J connectivity index is 1.40. The number of benzene rings is 2. The molecule has 3 unspecified atom stereocenters. The highest BCUT2D eigenvalue weighted by Gasteiger charge is 2.52. The van der Waals surface area contributed by atoms with Crippen LogP contribution in [0.4, 0.5) is 0 Å². The number of rotatable bonds is 2. The van der Waals surface area contributed by atoms with Gasteiger partial charge in [0.25, 0.3) is 0 Å². The Bertz CT molecular complexity index is 901. The fraction of sp³-hybridized carbons (Fsp3) is 0.391. The van der Waals surface area contributed by atoms with Crippen molar-refractivity contribution in [3.05, 3.63) is 59.7 Å². The van der Waals surface area contributed by atoms with Crippen molar-refractivity contribution < 1.29 is 14.2 Å². The van der Waals surface area contributed by atoms with E-state index < -0.39 is 0 Å². The molecule has 1 aliphatic carbocycles. The first-order chi connectivity index (χ1) is 13.3. The molecule has 2 aromatic rings. The summed E-state index contributed by atoms with van der Waals surface area (Å²) in [7, 11) is 0. The molecular formula is C23H23NO3. The van der Waals surface area contributed by atoms with Crippen molar-refractivity contribution in [2.24, 2.45) is 0 Å². The van der Waals surface area contributed by atoms with E-state index >= 15 is 0 Å². The van der Waals surface area contributed by atoms with E-state index in [4.69, 9.17) is 14.2 Å². The standard InChI is InChI=1S/C23H23NO3/c1-17(19-6-3-2-4-7-19)24-15-27-23(12-5-8-22(23)24)13-11-18-9-10-20-21(14-18)26-16-25-20/h2-4,6-7,9-10,14,17,22H,5,8,12,15-16H2,1H3. The highest BCUT2D eigenvalue weighted by atomic mass is 16.7. The lowest BCUT2D eigenvalue weighted by Crippen LogP contribution is -2.40. The molecule has 0 radical (unpaired) electrons. The molecule has 2 heterocycles. The molecule has 3 atom stereocenters. The van der Waals surface area contributed by atoms with Gasteiger partial charge >= 0.3 is 0 Å². The smallest absolute Gasteiger partial charge is 0.231 e. The maximum atomic E-state index is 6.33. The molecular weight excluding hydrogens is 338 g/mol. The second kappa shape index (κ2) is 6.60. The molecule has 5 rings (SSSR count). The Morgan fingerprint density at radius 3 is 2.85 bits per heavy atom. The van der Waals surface area contributed by atoms with Crippen molar-refractivity contribution in [1.29, 1.82) is 0 Å². The topological polar surface area (TPSA) is 30.9 Å². The normalized spacial score (nSPS) is 27.1. The molecule has 1 saturated carbocycles. The van der Waals surface area contributed by atoms with E-state index in [0.717, 1.165) is 36.3 Å². The van der Waals surface area contributed by atoms with Crippen LogP contribution in [0.1, 0.15) is 43.4 Å². The van der Waals surface area contributed by atoms with Crippen molar-refractivity contribution in [3.8, 4) is 23.3 Å². The van der Waals surface area contributed by atoms with Crippen molar-refractivity contribution in [1.82, 2.24) is 4.90 Å². The van der Waals surface area contributed by atoms with Gasteiger partial charge in [-0.15, -0.1) is 0 Å². The summed E-state index contributed by atoms with van der Waals surface area (Å²) in [5.74, 6) is 8.39. The molecule has 0 spiro atoms. The number of ether oxygens (including phenoxy) is 3. The summed E-state index contributed by atoms with van der Waals surface area (Å²) in [6.45, 7) is 3.18. The van der Waals surface area contributed by atoms with E-state index in [1.807, 2.05) is 18.2 Å². The summed E-state index contributed by atoms with van der Waals surface area (Å²) in [6, 6.07) is 17.2. The molecule has 0 aromatic heterocycles. The van der Waals surface area contributed by atoms with Gasteiger partial charge < -0.3 is 14.2 Å². The number of hydrogen-bond donors (Lipinski definition) is 0. The maximum Gasteiger partial charge on any atom is 0.231 e. The summed E-state index contributed by atoms with van der Waals surface area (Å²) in [5, 5.41) is 0. The zero-order chi connectivity index (χ0) is 18.3. The monoisotopic (exact) mass is 361 g/mol. The van der Waals surface area contributed by atoms with E-state index in [2.05, 4.69) is 54.0 Å². The SMILES string of the molecule is CC(c1ccccc1)N1COC2(C#Cc3ccc4c(c3)OCO4)CCCC12. The van der Waals surface area contributed by atoms with Crippen LogP contribution in [0.2, 0.25) is 0 Å². The molecule has 2 aliphatic heterocycles. The fourth-order valence-corrected chi connectivity index (χ4v) is 4.48. The minimum Gasteiger partial charge on any atom is -0.454 e. The van der Waals surface area contributed by atoms with Crippen LogP contribution in [0.5, 0.6) is 11.5 Å². The van der Waals surface area contributed by atoms with Gasteiger partial charge in [-0.05, 0) is 49.9 Å². The van der Waals surface area contributed by atoms with Crippen LogP contribution in [0.15, 0.2) is 48.5 Å². The first-order valence-electron chi connectivity index (χ1n) is 9.63. The first-order valence-corrected chi connectivity index (χ1v) is 9.63. The van der Waals surface area contributed by atoms with Gasteiger partial charge in [0.2, 0.25) is 6.79 Å². The molecule has 3 aliphatic rings. The summed E-state index contributed by atoms with van der Waals surface area (Å²) in [4.78, 5) is 2.47. The van der Waals surface area contributed by atoms with Crippen molar-refractivity contribution >= 4 is 0 Å². The van der Waals surface area contributed by atoms with E-state index in [0.29, 0.717) is 18.8 Å². The van der Waals surface area contributed by atoms with Gasteiger partial charge in [-0.3, -0.25) is 4.90 Å². The van der Waals surface area contributed by atoms with E-state index in [1.165, 1.54) is 5.56 Å². The Hall–Kier alpha value is -2.48. The lowest BCUT2D eigenvalue weighted by molar-refractivity contribution is 0.0390. The number of nitrogens with zero attached hydrogens (tertiary/aromatic N) is 1. The van der Waals surface area contributed by atoms with Crippen LogP contribution >= 0.6 is 0 Å². The van der Waals surface area contributed by atoms with Crippen LogP contribution < -0.4 is 9.47 Å². The van der Waals surface area contributed by atoms with Crippen LogP contribution in [-0.2, 0) is 4.74 Å². The van der Waals surface area contributed by atoms with Gasteiger partial charge in [0, 0.05) is 11.6 Å². The van der Waals surface area contributed by atoms with Crippen molar-refractivity contribution in [2.45, 2.75) is 43.9 Å². The van der Waals surface area contributed by atoms with Gasteiger partial charge in [-0.25, -0.2) is 0 Å². The van der Waals surface area contributed by atoms with E-state index in [9.17, 15) is 0 Å². The third kappa shape index (κ3) is 2.88. The first kappa shape index (κ1) is 16.7. The van der Waals surface area contributed by atoms with Crippen molar-refractivity contribution in [2.75, 3.05) is 13.5 Å². The second-order valence-corrected chi connectivity index (χ2v) is 7.49. The predicted molar refractivity (Wildman–Crippen MR) is 102 cm³/mol. The highest BCUT2D eigenvalue weighted by Crippen LogP contribution is 2.44. The number of fused-ring (bicyclic) bond motifs is 2. The lowest BCUT2D eigenvalue weighted by atomic mass is 9.95. The molecule has 0 bridgehead atoms. The second-order valence-electron chi connectivity index (χ2n) is 7.49. The van der Waals surface area contributed by atoms with Crippen LogP contribution in [-0.4, -0.2) is 30.1 Å². The highest BCUT2D eigenvalue weighted by molar-refractivity contribution is 5.50. The molecule has 0 amide bonds. The largest absolute Gasteiger partial charge is 0.454 e. The predicted octanol–water partition coefficient (Wildman–Crippen LogP) is 4.11. The minimum absolute atomic E-state index is 0.285. The van der Waals surface area contributed by atoms with Crippen LogP contribution in [0, 0.1) is 11.8 Å². The lowest BCUT2D eigenvalue weighted by Gasteiger charge is -2.30. The molecule has 1 saturated heterocycles. The third-order valence-electron chi connectivity index (χ3n) is 6.01. The summed E-state index contributed by atoms with van der Waals surface area (Å²) in [6.07, 6.45) is 3.28. The average molecular weight is 361 g/mol. The molecule has 138 valence electrons.